The van der Waals surface area contributed by atoms with E-state index in [1.165, 1.54) is 27.6 Å². The molecule has 0 spiro atoms. The van der Waals surface area contributed by atoms with Gasteiger partial charge in [0.15, 0.2) is 0 Å². The van der Waals surface area contributed by atoms with Gasteiger partial charge in [-0.1, -0.05) is 18.2 Å². The summed E-state index contributed by atoms with van der Waals surface area (Å²) in [6.45, 7) is 1.64. The molecule has 1 unspecified atom stereocenters. The van der Waals surface area contributed by atoms with Crippen LogP contribution in [0.2, 0.25) is 0 Å². The largest absolute Gasteiger partial charge is 0.361 e. The molecule has 128 valence electrons. The maximum atomic E-state index is 11.9. The number of amides is 3. The Labute approximate surface area is 145 Å². The molecule has 6 heteroatoms. The third kappa shape index (κ3) is 2.21. The third-order valence-electron chi connectivity index (χ3n) is 5.66. The fraction of sp³-hybridized carbons (Fsp3) is 0.368. The molecule has 3 aliphatic rings. The Kier molecular flexibility index (Phi) is 3.06. The number of likely N-dealkylation sites (N-methyl/N-ethyl adjacent to an activating group) is 1. The molecule has 1 fully saturated rings. The molecule has 1 aromatic heterocycles. The van der Waals surface area contributed by atoms with E-state index >= 15 is 0 Å². The maximum absolute atomic E-state index is 11.9. The van der Waals surface area contributed by atoms with Crippen molar-refractivity contribution in [3.8, 4) is 0 Å². The zero-order valence-corrected chi connectivity index (χ0v) is 14.1. The Bertz CT molecular complexity index is 929. The van der Waals surface area contributed by atoms with Gasteiger partial charge in [-0.25, -0.2) is 4.79 Å². The highest BCUT2D eigenvalue weighted by Gasteiger charge is 2.35. The second-order valence-electron chi connectivity index (χ2n) is 7.32. The zero-order valence-electron chi connectivity index (χ0n) is 14.1. The van der Waals surface area contributed by atoms with Crippen molar-refractivity contribution in [2.75, 3.05) is 26.7 Å². The number of benzene rings is 1. The van der Waals surface area contributed by atoms with Crippen LogP contribution >= 0.6 is 0 Å². The van der Waals surface area contributed by atoms with Gasteiger partial charge in [0, 0.05) is 42.1 Å². The van der Waals surface area contributed by atoms with Crippen LogP contribution in [0.15, 0.2) is 30.5 Å². The van der Waals surface area contributed by atoms with Crippen LogP contribution in [-0.4, -0.2) is 59.4 Å². The highest BCUT2D eigenvalue weighted by Crippen LogP contribution is 2.40. The predicted octanol–water partition coefficient (Wildman–Crippen LogP) is 1.59. The van der Waals surface area contributed by atoms with Crippen molar-refractivity contribution in [2.45, 2.75) is 12.5 Å². The van der Waals surface area contributed by atoms with Crippen LogP contribution in [0.1, 0.15) is 11.1 Å². The van der Waals surface area contributed by atoms with Crippen LogP contribution in [0.3, 0.4) is 0 Å². The summed E-state index contributed by atoms with van der Waals surface area (Å²) in [5, 5.41) is 3.69. The first-order chi connectivity index (χ1) is 12.1. The molecule has 1 saturated heterocycles. The fourth-order valence-electron chi connectivity index (χ4n) is 4.58. The van der Waals surface area contributed by atoms with Crippen molar-refractivity contribution in [3.63, 3.8) is 0 Å². The molecule has 2 atom stereocenters. The van der Waals surface area contributed by atoms with E-state index in [1.807, 2.05) is 0 Å². The molecule has 3 heterocycles. The monoisotopic (exact) mass is 336 g/mol. The SMILES string of the molecule is CN1CC(CN2CC(=O)NC2=O)C=C2c3cccc4[nH]cc(c34)C[C@H]21. The topological polar surface area (TPSA) is 68.4 Å². The number of aromatic nitrogens is 1. The average Bonchev–Trinajstić information content (AvgIpc) is 3.13. The number of nitrogens with zero attached hydrogens (tertiary/aromatic N) is 2. The standard InChI is InChI=1S/C19H20N4O2/c1-22-8-11(9-23-10-17(24)21-19(23)25)5-14-13-3-2-4-15-18(13)12(7-20-15)6-16(14)22/h2-5,7,11,16,20H,6,8-10H2,1H3,(H,21,24,25)/t11?,16-/m1/s1. The average molecular weight is 336 g/mol. The first-order valence-electron chi connectivity index (χ1n) is 8.70. The summed E-state index contributed by atoms with van der Waals surface area (Å²) in [6, 6.07) is 6.51. The van der Waals surface area contributed by atoms with Gasteiger partial charge in [0.25, 0.3) is 0 Å². The van der Waals surface area contributed by atoms with Gasteiger partial charge < -0.3 is 9.88 Å². The minimum absolute atomic E-state index is 0.170. The number of carbonyl (C=O) groups excluding carboxylic acids is 2. The lowest BCUT2D eigenvalue weighted by Crippen LogP contribution is -2.45. The number of fused-ring (bicyclic) bond motifs is 2. The van der Waals surface area contributed by atoms with Gasteiger partial charge in [-0.3, -0.25) is 15.0 Å². The minimum Gasteiger partial charge on any atom is -0.361 e. The summed E-state index contributed by atoms with van der Waals surface area (Å²) in [5.41, 5.74) is 5.20. The number of hydrogen-bond donors (Lipinski definition) is 2. The number of nitrogens with one attached hydrogen (secondary N) is 2. The van der Waals surface area contributed by atoms with Crippen LogP contribution in [0, 0.1) is 5.92 Å². The normalized spacial score (nSPS) is 26.0. The molecule has 0 saturated carbocycles. The van der Waals surface area contributed by atoms with Crippen LogP contribution < -0.4 is 5.32 Å². The first kappa shape index (κ1) is 14.7. The molecule has 5 rings (SSSR count). The number of rotatable bonds is 2. The molecule has 6 nitrogen and oxygen atoms in total. The van der Waals surface area contributed by atoms with Crippen LogP contribution in [0.25, 0.3) is 16.5 Å². The summed E-state index contributed by atoms with van der Waals surface area (Å²) < 4.78 is 0. The van der Waals surface area contributed by atoms with Gasteiger partial charge in [-0.15, -0.1) is 0 Å². The number of aromatic amines is 1. The van der Waals surface area contributed by atoms with Crippen molar-refractivity contribution in [3.05, 3.63) is 41.6 Å². The number of hydrogen-bond acceptors (Lipinski definition) is 3. The number of carbonyl (C=O) groups is 2. The summed E-state index contributed by atoms with van der Waals surface area (Å²) in [5.74, 6) is 0.0164. The molecule has 2 aromatic rings. The highest BCUT2D eigenvalue weighted by molar-refractivity contribution is 6.02. The van der Waals surface area contributed by atoms with Crippen LogP contribution in [0.4, 0.5) is 4.79 Å². The van der Waals surface area contributed by atoms with E-state index in [-0.39, 0.29) is 24.4 Å². The highest BCUT2D eigenvalue weighted by atomic mass is 16.2. The van der Waals surface area contributed by atoms with E-state index in [4.69, 9.17) is 0 Å². The molecule has 0 bridgehead atoms. The second-order valence-corrected chi connectivity index (χ2v) is 7.32. The smallest absolute Gasteiger partial charge is 0.324 e. The second kappa shape index (κ2) is 5.20. The van der Waals surface area contributed by atoms with Gasteiger partial charge in [0.2, 0.25) is 5.91 Å². The van der Waals surface area contributed by atoms with Crippen molar-refractivity contribution < 1.29 is 9.59 Å². The molecule has 3 amide bonds. The third-order valence-corrected chi connectivity index (χ3v) is 5.66. The van der Waals surface area contributed by atoms with Gasteiger partial charge in [-0.2, -0.15) is 0 Å². The Morgan fingerprint density at radius 2 is 2.16 bits per heavy atom. The lowest BCUT2D eigenvalue weighted by atomic mass is 9.80. The van der Waals surface area contributed by atoms with Gasteiger partial charge >= 0.3 is 6.03 Å². The first-order valence-corrected chi connectivity index (χ1v) is 8.70. The van der Waals surface area contributed by atoms with E-state index in [0.717, 1.165) is 13.0 Å². The Balaban J connectivity index is 1.53. The summed E-state index contributed by atoms with van der Waals surface area (Å²) in [6.07, 6.45) is 5.46. The van der Waals surface area contributed by atoms with Crippen LogP contribution in [0.5, 0.6) is 0 Å². The van der Waals surface area contributed by atoms with Gasteiger partial charge in [0.1, 0.15) is 6.54 Å². The predicted molar refractivity (Wildman–Crippen MR) is 95.0 cm³/mol. The van der Waals surface area contributed by atoms with E-state index < -0.39 is 0 Å². The summed E-state index contributed by atoms with van der Waals surface area (Å²) >= 11 is 0. The Morgan fingerprint density at radius 1 is 1.28 bits per heavy atom. The molecule has 1 aromatic carbocycles. The van der Waals surface area contributed by atoms with E-state index in [0.29, 0.717) is 12.6 Å². The van der Waals surface area contributed by atoms with Crippen LogP contribution in [-0.2, 0) is 11.2 Å². The molecule has 25 heavy (non-hydrogen) atoms. The van der Waals surface area contributed by atoms with Crippen molar-refractivity contribution in [2.24, 2.45) is 5.92 Å². The van der Waals surface area contributed by atoms with E-state index in [9.17, 15) is 9.59 Å². The Morgan fingerprint density at radius 3 is 2.96 bits per heavy atom. The zero-order chi connectivity index (χ0) is 17.1. The fourth-order valence-corrected chi connectivity index (χ4v) is 4.58. The Hall–Kier alpha value is -2.60. The van der Waals surface area contributed by atoms with Crippen molar-refractivity contribution in [1.29, 1.82) is 0 Å². The van der Waals surface area contributed by atoms with E-state index in [1.54, 1.807) is 4.90 Å². The van der Waals surface area contributed by atoms with E-state index in [2.05, 4.69) is 52.7 Å². The molecular formula is C19H20N4O2. The molecule has 0 radical (unpaired) electrons. The number of H-pyrrole nitrogens is 1. The lowest BCUT2D eigenvalue weighted by molar-refractivity contribution is -0.118. The molecule has 1 aliphatic carbocycles. The quantitative estimate of drug-likeness (QED) is 0.819. The molecular weight excluding hydrogens is 316 g/mol. The summed E-state index contributed by atoms with van der Waals surface area (Å²) in [4.78, 5) is 30.7. The minimum atomic E-state index is -0.271. The number of urea groups is 1. The molecule has 2 N–H and O–H groups in total. The maximum Gasteiger partial charge on any atom is 0.324 e. The van der Waals surface area contributed by atoms with Gasteiger partial charge in [0.05, 0.1) is 0 Å². The number of imide groups is 1. The molecule has 2 aliphatic heterocycles. The van der Waals surface area contributed by atoms with Crippen molar-refractivity contribution in [1.82, 2.24) is 20.1 Å². The van der Waals surface area contributed by atoms with Crippen molar-refractivity contribution >= 4 is 28.4 Å². The lowest BCUT2D eigenvalue weighted by Gasteiger charge is -2.40. The summed E-state index contributed by atoms with van der Waals surface area (Å²) in [7, 11) is 2.15. The van der Waals surface area contributed by atoms with Gasteiger partial charge in [-0.05, 0) is 36.2 Å².